The van der Waals surface area contributed by atoms with Gasteiger partial charge in [0.25, 0.3) is 5.91 Å². The zero-order valence-corrected chi connectivity index (χ0v) is 19.7. The lowest BCUT2D eigenvalue weighted by Gasteiger charge is -2.34. The molecule has 0 radical (unpaired) electrons. The van der Waals surface area contributed by atoms with Crippen molar-refractivity contribution in [3.8, 4) is 0 Å². The van der Waals surface area contributed by atoms with E-state index in [-0.39, 0.29) is 5.91 Å². The van der Waals surface area contributed by atoms with Gasteiger partial charge in [-0.25, -0.2) is 4.98 Å². The van der Waals surface area contributed by atoms with Gasteiger partial charge in [0, 0.05) is 55.8 Å². The highest BCUT2D eigenvalue weighted by Gasteiger charge is 2.27. The Bertz CT molecular complexity index is 1270. The molecule has 8 heteroatoms. The van der Waals surface area contributed by atoms with Gasteiger partial charge in [-0.15, -0.1) is 0 Å². The number of nitrogens with zero attached hydrogens (tertiary/aromatic N) is 6. The number of aromatic nitrogens is 4. The maximum Gasteiger partial charge on any atom is 0.257 e. The zero-order valence-electron chi connectivity index (χ0n) is 18.9. The SMILES string of the molecule is Cc1nn(Cc2ccccc2Cl)c(C)c1C(=O)N1CCN(Cc2cn3ccccc3n2)CC1. The van der Waals surface area contributed by atoms with Crippen LogP contribution in [0.3, 0.4) is 0 Å². The number of amides is 1. The molecule has 33 heavy (non-hydrogen) atoms. The highest BCUT2D eigenvalue weighted by atomic mass is 35.5. The lowest BCUT2D eigenvalue weighted by Crippen LogP contribution is -2.48. The highest BCUT2D eigenvalue weighted by Crippen LogP contribution is 2.21. The first-order valence-electron chi connectivity index (χ1n) is 11.2. The first-order valence-corrected chi connectivity index (χ1v) is 11.6. The van der Waals surface area contributed by atoms with Crippen LogP contribution in [0.4, 0.5) is 0 Å². The minimum Gasteiger partial charge on any atom is -0.336 e. The second kappa shape index (κ2) is 9.00. The summed E-state index contributed by atoms with van der Waals surface area (Å²) in [4.78, 5) is 22.4. The van der Waals surface area contributed by atoms with E-state index in [0.717, 1.165) is 47.9 Å². The summed E-state index contributed by atoms with van der Waals surface area (Å²) < 4.78 is 3.92. The third-order valence-corrected chi connectivity index (χ3v) is 6.70. The average molecular weight is 463 g/mol. The van der Waals surface area contributed by atoms with Crippen molar-refractivity contribution in [2.75, 3.05) is 26.2 Å². The Hall–Kier alpha value is -3.16. The molecule has 0 saturated carbocycles. The molecule has 0 atom stereocenters. The summed E-state index contributed by atoms with van der Waals surface area (Å²) in [6.07, 6.45) is 4.09. The number of fused-ring (bicyclic) bond motifs is 1. The van der Waals surface area contributed by atoms with E-state index >= 15 is 0 Å². The van der Waals surface area contributed by atoms with Gasteiger partial charge in [0.2, 0.25) is 0 Å². The highest BCUT2D eigenvalue weighted by molar-refractivity contribution is 6.31. The Morgan fingerprint density at radius 1 is 1.00 bits per heavy atom. The molecule has 7 nitrogen and oxygen atoms in total. The van der Waals surface area contributed by atoms with Crippen molar-refractivity contribution in [2.24, 2.45) is 0 Å². The minimum atomic E-state index is 0.0581. The molecule has 5 rings (SSSR count). The quantitative estimate of drug-likeness (QED) is 0.452. The molecule has 170 valence electrons. The van der Waals surface area contributed by atoms with E-state index in [9.17, 15) is 4.79 Å². The monoisotopic (exact) mass is 462 g/mol. The number of piperazine rings is 1. The Kier molecular flexibility index (Phi) is 5.91. The predicted octanol–water partition coefficient (Wildman–Crippen LogP) is 3.81. The molecule has 4 aromatic rings. The van der Waals surface area contributed by atoms with Gasteiger partial charge in [-0.05, 0) is 37.6 Å². The Morgan fingerprint density at radius 2 is 1.76 bits per heavy atom. The van der Waals surface area contributed by atoms with Crippen LogP contribution >= 0.6 is 11.6 Å². The number of hydrogen-bond donors (Lipinski definition) is 0. The summed E-state index contributed by atoms with van der Waals surface area (Å²) in [5.74, 6) is 0.0581. The molecule has 0 spiro atoms. The van der Waals surface area contributed by atoms with E-state index in [2.05, 4.69) is 16.2 Å². The second-order valence-corrected chi connectivity index (χ2v) is 8.97. The van der Waals surface area contributed by atoms with E-state index in [4.69, 9.17) is 16.6 Å². The number of hydrogen-bond acceptors (Lipinski definition) is 4. The number of benzene rings is 1. The van der Waals surface area contributed by atoms with E-state index in [1.54, 1.807) is 0 Å². The molecule has 1 aromatic carbocycles. The predicted molar refractivity (Wildman–Crippen MR) is 129 cm³/mol. The van der Waals surface area contributed by atoms with Crippen molar-refractivity contribution in [3.63, 3.8) is 0 Å². The zero-order chi connectivity index (χ0) is 22.9. The number of aryl methyl sites for hydroxylation is 1. The summed E-state index contributed by atoms with van der Waals surface area (Å²) in [5.41, 5.74) is 5.34. The normalized spacial score (nSPS) is 14.8. The van der Waals surface area contributed by atoms with E-state index in [1.807, 2.05) is 76.5 Å². The maximum absolute atomic E-state index is 13.4. The summed E-state index contributed by atoms with van der Waals surface area (Å²) in [6, 6.07) is 13.8. The molecule has 0 unspecified atom stereocenters. The van der Waals surface area contributed by atoms with E-state index in [1.165, 1.54) is 0 Å². The molecule has 3 aromatic heterocycles. The Labute approximate surface area is 198 Å². The standard InChI is InChI=1S/C25H27ClN6O/c1-18-24(19(2)32(28-18)15-20-7-3-4-8-22(20)26)25(33)30-13-11-29(12-14-30)16-21-17-31-10-6-5-9-23(31)27-21/h3-10,17H,11-16H2,1-2H3. The fourth-order valence-electron chi connectivity index (χ4n) is 4.51. The molecular formula is C25H27ClN6O. The fourth-order valence-corrected chi connectivity index (χ4v) is 4.70. The van der Waals surface area contributed by atoms with Crippen molar-refractivity contribution in [3.05, 3.63) is 88.1 Å². The number of carbonyl (C=O) groups excluding carboxylic acids is 1. The molecule has 1 aliphatic heterocycles. The smallest absolute Gasteiger partial charge is 0.257 e. The van der Waals surface area contributed by atoms with Crippen molar-refractivity contribution in [2.45, 2.75) is 26.9 Å². The molecule has 4 heterocycles. The number of rotatable bonds is 5. The van der Waals surface area contributed by atoms with Gasteiger partial charge in [-0.1, -0.05) is 35.9 Å². The van der Waals surface area contributed by atoms with Crippen LogP contribution in [0.1, 0.15) is 33.0 Å². The minimum absolute atomic E-state index is 0.0581. The second-order valence-electron chi connectivity index (χ2n) is 8.56. The first kappa shape index (κ1) is 21.7. The van der Waals surface area contributed by atoms with Gasteiger partial charge in [-0.3, -0.25) is 14.4 Å². The molecule has 1 saturated heterocycles. The summed E-state index contributed by atoms with van der Waals surface area (Å²) in [7, 11) is 0. The van der Waals surface area contributed by atoms with Crippen LogP contribution < -0.4 is 0 Å². The third-order valence-electron chi connectivity index (χ3n) is 6.33. The molecule has 0 bridgehead atoms. The van der Waals surface area contributed by atoms with Gasteiger partial charge in [0.15, 0.2) is 0 Å². The molecular weight excluding hydrogens is 436 g/mol. The summed E-state index contributed by atoms with van der Waals surface area (Å²) in [5, 5.41) is 5.35. The lowest BCUT2D eigenvalue weighted by molar-refractivity contribution is 0.0625. The number of carbonyl (C=O) groups is 1. The fraction of sp³-hybridized carbons (Fsp3) is 0.320. The van der Waals surface area contributed by atoms with Crippen LogP contribution in [0, 0.1) is 13.8 Å². The van der Waals surface area contributed by atoms with Gasteiger partial charge in [-0.2, -0.15) is 5.10 Å². The van der Waals surface area contributed by atoms with Crippen molar-refractivity contribution < 1.29 is 4.79 Å². The van der Waals surface area contributed by atoms with Gasteiger partial charge >= 0.3 is 0 Å². The van der Waals surface area contributed by atoms with Crippen LogP contribution in [0.25, 0.3) is 5.65 Å². The number of pyridine rings is 1. The molecule has 0 N–H and O–H groups in total. The van der Waals surface area contributed by atoms with Crippen LogP contribution in [0.15, 0.2) is 54.9 Å². The van der Waals surface area contributed by atoms with Crippen LogP contribution in [-0.2, 0) is 13.1 Å². The molecule has 1 amide bonds. The van der Waals surface area contributed by atoms with Crippen molar-refractivity contribution in [1.29, 1.82) is 0 Å². The first-order chi connectivity index (χ1) is 16.0. The Morgan fingerprint density at radius 3 is 2.52 bits per heavy atom. The third kappa shape index (κ3) is 4.38. The van der Waals surface area contributed by atoms with Crippen LogP contribution in [0.2, 0.25) is 5.02 Å². The molecule has 0 aliphatic carbocycles. The largest absolute Gasteiger partial charge is 0.336 e. The van der Waals surface area contributed by atoms with Gasteiger partial charge < -0.3 is 9.30 Å². The van der Waals surface area contributed by atoms with E-state index < -0.39 is 0 Å². The summed E-state index contributed by atoms with van der Waals surface area (Å²) >= 11 is 6.33. The van der Waals surface area contributed by atoms with Crippen molar-refractivity contribution >= 4 is 23.2 Å². The molecule has 1 aliphatic rings. The van der Waals surface area contributed by atoms with Crippen LogP contribution in [0.5, 0.6) is 0 Å². The number of imidazole rings is 1. The van der Waals surface area contributed by atoms with Gasteiger partial charge in [0.1, 0.15) is 5.65 Å². The summed E-state index contributed by atoms with van der Waals surface area (Å²) in [6.45, 7) is 8.25. The topological polar surface area (TPSA) is 58.7 Å². The maximum atomic E-state index is 13.4. The molecule has 1 fully saturated rings. The Balaban J connectivity index is 1.24. The average Bonchev–Trinajstić information content (AvgIpc) is 3.34. The van der Waals surface area contributed by atoms with Crippen LogP contribution in [-0.4, -0.2) is 61.1 Å². The van der Waals surface area contributed by atoms with Gasteiger partial charge in [0.05, 0.1) is 23.5 Å². The number of halogens is 1. The lowest BCUT2D eigenvalue weighted by atomic mass is 10.1. The van der Waals surface area contributed by atoms with E-state index in [0.29, 0.717) is 30.2 Å². The van der Waals surface area contributed by atoms with Crippen molar-refractivity contribution in [1.82, 2.24) is 29.0 Å².